The minimum absolute atomic E-state index is 0.0289. The summed E-state index contributed by atoms with van der Waals surface area (Å²) in [5.74, 6) is -1.06. The maximum Gasteiger partial charge on any atom is 0.302 e. The molecule has 0 fully saturated rings. The number of nitrogens with zero attached hydrogens (tertiary/aromatic N) is 1. The van der Waals surface area contributed by atoms with Crippen molar-refractivity contribution in [2.45, 2.75) is 6.04 Å². The number of rotatable bonds is 5. The second-order valence-corrected chi connectivity index (χ2v) is 4.99. The molecule has 0 radical (unpaired) electrons. The lowest BCUT2D eigenvalue weighted by Gasteiger charge is -2.11. The largest absolute Gasteiger partial charge is 0.302 e. The second kappa shape index (κ2) is 5.30. The molecule has 82 valence electrons. The highest BCUT2D eigenvalue weighted by Gasteiger charge is 2.31. The smallest absolute Gasteiger partial charge is 0.277 e. The second-order valence-electron chi connectivity index (χ2n) is 2.44. The van der Waals surface area contributed by atoms with Gasteiger partial charge in [0.2, 0.25) is 0 Å². The third-order valence-electron chi connectivity index (χ3n) is 1.17. The molecule has 1 amide bonds. The van der Waals surface area contributed by atoms with Gasteiger partial charge in [-0.05, 0) is 6.26 Å². The predicted molar refractivity (Wildman–Crippen MR) is 53.3 cm³/mol. The van der Waals surface area contributed by atoms with E-state index in [0.717, 1.165) is 11.8 Å². The van der Waals surface area contributed by atoms with E-state index in [0.29, 0.717) is 0 Å². The van der Waals surface area contributed by atoms with Crippen LogP contribution in [0.2, 0.25) is 0 Å². The van der Waals surface area contributed by atoms with E-state index in [1.165, 1.54) is 0 Å². The summed E-state index contributed by atoms with van der Waals surface area (Å²) in [4.78, 5) is 20.7. The maximum atomic E-state index is 11.1. The van der Waals surface area contributed by atoms with Crippen LogP contribution in [0.4, 0.5) is 0 Å². The van der Waals surface area contributed by atoms with Crippen molar-refractivity contribution >= 4 is 25.3 Å². The molecule has 5 N–H and O–H groups in total. The van der Waals surface area contributed by atoms with Gasteiger partial charge in [0, 0.05) is 4.92 Å². The number of thioether (sulfide) groups is 1. The summed E-state index contributed by atoms with van der Waals surface area (Å²) in [6.07, 6.45) is 1.61. The van der Waals surface area contributed by atoms with Gasteiger partial charge in [0.1, 0.15) is 0 Å². The lowest BCUT2D eigenvalue weighted by molar-refractivity contribution is -0.501. The van der Waals surface area contributed by atoms with Crippen LogP contribution in [0, 0.1) is 10.1 Å². The summed E-state index contributed by atoms with van der Waals surface area (Å²) in [5.41, 5.74) is 9.68. The lowest BCUT2D eigenvalue weighted by Crippen LogP contribution is -2.42. The Morgan fingerprint density at radius 3 is 2.50 bits per heavy atom. The minimum atomic E-state index is -3.75. The van der Waals surface area contributed by atoms with Crippen molar-refractivity contribution in [3.63, 3.8) is 0 Å². The highest BCUT2D eigenvalue weighted by molar-refractivity contribution is 7.98. The van der Waals surface area contributed by atoms with Crippen LogP contribution in [0.3, 0.4) is 0 Å². The van der Waals surface area contributed by atoms with Gasteiger partial charge < -0.3 is 0 Å². The number of hydrogen-bond acceptors (Lipinski definition) is 5. The van der Waals surface area contributed by atoms with E-state index in [1.54, 1.807) is 11.3 Å². The van der Waals surface area contributed by atoms with Crippen LogP contribution < -0.4 is 16.1 Å². The predicted octanol–water partition coefficient (Wildman–Crippen LogP) is -0.864. The van der Waals surface area contributed by atoms with Crippen molar-refractivity contribution in [2.24, 2.45) is 11.0 Å². The topological polar surface area (TPSA) is 141 Å². The van der Waals surface area contributed by atoms with Crippen molar-refractivity contribution < 1.29 is 14.3 Å². The zero-order chi connectivity index (χ0) is 11.4. The first-order chi connectivity index (χ1) is 6.28. The SMILES string of the molecule is CSCC(C(=O)NP(N)(N)=O)[N+](=O)[O-]. The number of nitrogens with two attached hydrogens (primary N) is 2. The Kier molecular flexibility index (Phi) is 5.06. The molecule has 0 saturated carbocycles. The highest BCUT2D eigenvalue weighted by Crippen LogP contribution is 2.18. The molecule has 0 aromatic rings. The fraction of sp³-hybridized carbons (Fsp3) is 0.750. The summed E-state index contributed by atoms with van der Waals surface area (Å²) >= 11 is 1.12. The number of nitrogens with one attached hydrogen (secondary N) is 1. The first kappa shape index (κ1) is 13.4. The minimum Gasteiger partial charge on any atom is -0.277 e. The average molecular weight is 242 g/mol. The molecule has 0 spiro atoms. The van der Waals surface area contributed by atoms with E-state index >= 15 is 0 Å². The molecule has 0 rings (SSSR count). The van der Waals surface area contributed by atoms with Crippen LogP contribution in [0.25, 0.3) is 0 Å². The van der Waals surface area contributed by atoms with Crippen LogP contribution in [-0.4, -0.2) is 28.9 Å². The van der Waals surface area contributed by atoms with Crippen molar-refractivity contribution in [1.29, 1.82) is 0 Å². The summed E-state index contributed by atoms with van der Waals surface area (Å²) < 4.78 is 10.8. The van der Waals surface area contributed by atoms with Gasteiger partial charge in [-0.25, -0.2) is 0 Å². The van der Waals surface area contributed by atoms with Gasteiger partial charge in [0.05, 0.1) is 5.75 Å². The maximum absolute atomic E-state index is 11.1. The molecular weight excluding hydrogens is 231 g/mol. The molecule has 0 saturated heterocycles. The van der Waals surface area contributed by atoms with Crippen molar-refractivity contribution in [3.8, 4) is 0 Å². The van der Waals surface area contributed by atoms with E-state index in [4.69, 9.17) is 11.0 Å². The Balaban J connectivity index is 4.45. The molecule has 0 heterocycles. The summed E-state index contributed by atoms with van der Waals surface area (Å²) in [5, 5.41) is 12.1. The normalized spacial score (nSPS) is 13.4. The van der Waals surface area contributed by atoms with Gasteiger partial charge in [-0.15, -0.1) is 0 Å². The van der Waals surface area contributed by atoms with Gasteiger partial charge in [0.25, 0.3) is 13.6 Å². The van der Waals surface area contributed by atoms with Crippen LogP contribution in [0.1, 0.15) is 0 Å². The molecule has 1 atom stereocenters. The number of amides is 1. The molecule has 0 aliphatic rings. The van der Waals surface area contributed by atoms with Gasteiger partial charge >= 0.3 is 5.91 Å². The Morgan fingerprint density at radius 1 is 1.71 bits per heavy atom. The quantitative estimate of drug-likeness (QED) is 0.323. The summed E-state index contributed by atoms with van der Waals surface area (Å²) in [6, 6.07) is -1.48. The molecule has 0 aromatic carbocycles. The Labute approximate surface area is 84.5 Å². The highest BCUT2D eigenvalue weighted by atomic mass is 32.2. The zero-order valence-electron chi connectivity index (χ0n) is 7.37. The van der Waals surface area contributed by atoms with Gasteiger partial charge in [0.15, 0.2) is 0 Å². The monoisotopic (exact) mass is 242 g/mol. The van der Waals surface area contributed by atoms with Crippen LogP contribution >= 0.6 is 19.4 Å². The van der Waals surface area contributed by atoms with Gasteiger partial charge in [-0.1, -0.05) is 0 Å². The Morgan fingerprint density at radius 2 is 2.21 bits per heavy atom. The molecule has 0 aromatic heterocycles. The average Bonchev–Trinajstić information content (AvgIpc) is 1.95. The lowest BCUT2D eigenvalue weighted by atomic mass is 10.3. The fourth-order valence-electron chi connectivity index (χ4n) is 0.637. The fourth-order valence-corrected chi connectivity index (χ4v) is 1.72. The van der Waals surface area contributed by atoms with E-state index in [9.17, 15) is 19.5 Å². The number of carbonyl (C=O) groups is 1. The zero-order valence-corrected chi connectivity index (χ0v) is 9.09. The molecule has 14 heavy (non-hydrogen) atoms. The van der Waals surface area contributed by atoms with Crippen LogP contribution in [0.5, 0.6) is 0 Å². The van der Waals surface area contributed by atoms with Crippen molar-refractivity contribution in [3.05, 3.63) is 10.1 Å². The van der Waals surface area contributed by atoms with Crippen LogP contribution in [-0.2, 0) is 9.36 Å². The van der Waals surface area contributed by atoms with Crippen molar-refractivity contribution in [1.82, 2.24) is 5.09 Å². The van der Waals surface area contributed by atoms with Gasteiger partial charge in [-0.3, -0.25) is 35.6 Å². The molecule has 0 aliphatic carbocycles. The Hall–Kier alpha value is -0.630. The standard InChI is InChI=1S/C4H11N4O4PS/c1-14-2-3(8(10)11)4(9)7-13(5,6)12/h3H,2H2,1H3,(H5,5,6,7,9,12). The van der Waals surface area contributed by atoms with E-state index in [1.807, 2.05) is 0 Å². The first-order valence-corrected chi connectivity index (χ1v) is 6.63. The molecule has 8 nitrogen and oxygen atoms in total. The first-order valence-electron chi connectivity index (χ1n) is 3.39. The molecule has 1 unspecified atom stereocenters. The molecule has 10 heteroatoms. The third kappa shape index (κ3) is 5.18. The van der Waals surface area contributed by atoms with E-state index in [-0.39, 0.29) is 5.75 Å². The van der Waals surface area contributed by atoms with Gasteiger partial charge in [-0.2, -0.15) is 11.8 Å². The number of carbonyl (C=O) groups excluding carboxylic acids is 1. The van der Waals surface area contributed by atoms with E-state index in [2.05, 4.69) is 0 Å². The molecule has 0 bridgehead atoms. The van der Waals surface area contributed by atoms with Crippen molar-refractivity contribution in [2.75, 3.05) is 12.0 Å². The molecular formula is C4H11N4O4PS. The Bertz CT molecular complexity index is 279. The van der Waals surface area contributed by atoms with E-state index < -0.39 is 24.5 Å². The summed E-state index contributed by atoms with van der Waals surface area (Å²) in [7, 11) is -3.75. The summed E-state index contributed by atoms with van der Waals surface area (Å²) in [6.45, 7) is 0. The number of nitro groups is 1. The number of hydrogen-bond donors (Lipinski definition) is 3. The third-order valence-corrected chi connectivity index (χ3v) is 2.39. The van der Waals surface area contributed by atoms with Crippen LogP contribution in [0.15, 0.2) is 0 Å². The molecule has 0 aliphatic heterocycles.